The lowest BCUT2D eigenvalue weighted by atomic mass is 10.1. The first kappa shape index (κ1) is 18.3. The molecule has 1 unspecified atom stereocenters. The van der Waals surface area contributed by atoms with Crippen LogP contribution in [0.1, 0.15) is 30.9 Å². The normalized spacial score (nSPS) is 20.1. The van der Waals surface area contributed by atoms with Gasteiger partial charge in [-0.2, -0.15) is 11.8 Å². The Morgan fingerprint density at radius 2 is 2.32 bits per heavy atom. The third kappa shape index (κ3) is 5.25. The number of hydrogen-bond acceptors (Lipinski definition) is 4. The number of rotatable bonds is 6. The molecule has 7 heteroatoms. The summed E-state index contributed by atoms with van der Waals surface area (Å²) in [7, 11) is 0. The molecule has 1 aromatic carbocycles. The van der Waals surface area contributed by atoms with Gasteiger partial charge in [-0.15, -0.1) is 0 Å². The maximum absolute atomic E-state index is 13.8. The molecule has 1 atom stereocenters. The van der Waals surface area contributed by atoms with Gasteiger partial charge < -0.3 is 20.1 Å². The number of thioether (sulfide) groups is 1. The predicted octanol–water partition coefficient (Wildman–Crippen LogP) is 2.69. The van der Waals surface area contributed by atoms with Crippen molar-refractivity contribution in [3.8, 4) is 5.75 Å². The second-order valence-electron chi connectivity index (χ2n) is 6.20. The van der Waals surface area contributed by atoms with Gasteiger partial charge in [-0.3, -0.25) is 4.99 Å². The van der Waals surface area contributed by atoms with Gasteiger partial charge in [0.15, 0.2) is 12.8 Å². The Labute approximate surface area is 152 Å². The van der Waals surface area contributed by atoms with Gasteiger partial charge in [-0.25, -0.2) is 4.39 Å². The SMILES string of the molecule is CCNC(=NCC1CCCS1)NCCc1cc(F)cc2c1OCOC2. The molecule has 0 bridgehead atoms. The van der Waals surface area contributed by atoms with E-state index in [-0.39, 0.29) is 12.6 Å². The first-order chi connectivity index (χ1) is 12.3. The smallest absolute Gasteiger partial charge is 0.191 e. The minimum atomic E-state index is -0.248. The molecule has 0 amide bonds. The molecule has 0 aromatic heterocycles. The molecule has 5 nitrogen and oxygen atoms in total. The first-order valence-corrected chi connectivity index (χ1v) is 9.96. The average molecular weight is 367 g/mol. The van der Waals surface area contributed by atoms with Crippen molar-refractivity contribution in [1.29, 1.82) is 0 Å². The van der Waals surface area contributed by atoms with E-state index in [2.05, 4.69) is 22.5 Å². The summed E-state index contributed by atoms with van der Waals surface area (Å²) in [4.78, 5) is 4.68. The molecule has 1 saturated heterocycles. The monoisotopic (exact) mass is 367 g/mol. The minimum absolute atomic E-state index is 0.224. The van der Waals surface area contributed by atoms with Crippen LogP contribution in [0, 0.1) is 5.82 Å². The molecule has 1 fully saturated rings. The second-order valence-corrected chi connectivity index (χ2v) is 7.60. The summed E-state index contributed by atoms with van der Waals surface area (Å²) in [6.07, 6.45) is 3.22. The molecule has 2 aliphatic heterocycles. The van der Waals surface area contributed by atoms with Crippen LogP contribution in [-0.4, -0.2) is 43.4 Å². The second kappa shape index (κ2) is 9.29. The summed E-state index contributed by atoms with van der Waals surface area (Å²) < 4.78 is 24.6. The van der Waals surface area contributed by atoms with Crippen LogP contribution >= 0.6 is 11.8 Å². The molecule has 0 radical (unpaired) electrons. The van der Waals surface area contributed by atoms with Gasteiger partial charge in [0, 0.05) is 23.9 Å². The Morgan fingerprint density at radius 3 is 3.12 bits per heavy atom. The van der Waals surface area contributed by atoms with Crippen LogP contribution in [0.3, 0.4) is 0 Å². The maximum atomic E-state index is 13.8. The molecule has 2 N–H and O–H groups in total. The zero-order valence-corrected chi connectivity index (χ0v) is 15.5. The fourth-order valence-electron chi connectivity index (χ4n) is 3.08. The Kier molecular flexibility index (Phi) is 6.81. The highest BCUT2D eigenvalue weighted by Crippen LogP contribution is 2.29. The van der Waals surface area contributed by atoms with Crippen LogP contribution in [0.5, 0.6) is 5.75 Å². The van der Waals surface area contributed by atoms with Crippen molar-refractivity contribution in [2.24, 2.45) is 4.99 Å². The molecule has 0 saturated carbocycles. The maximum Gasteiger partial charge on any atom is 0.191 e. The van der Waals surface area contributed by atoms with Crippen LogP contribution in [-0.2, 0) is 17.8 Å². The summed E-state index contributed by atoms with van der Waals surface area (Å²) in [6, 6.07) is 3.03. The number of hydrogen-bond donors (Lipinski definition) is 2. The third-order valence-electron chi connectivity index (χ3n) is 4.26. The zero-order chi connectivity index (χ0) is 17.5. The van der Waals surface area contributed by atoms with Crippen LogP contribution in [0.25, 0.3) is 0 Å². The fraction of sp³-hybridized carbons (Fsp3) is 0.611. The Balaban J connectivity index is 1.56. The van der Waals surface area contributed by atoms with Crippen LogP contribution in [0.2, 0.25) is 0 Å². The van der Waals surface area contributed by atoms with Crippen molar-refractivity contribution in [1.82, 2.24) is 10.6 Å². The van der Waals surface area contributed by atoms with Crippen molar-refractivity contribution < 1.29 is 13.9 Å². The van der Waals surface area contributed by atoms with Crippen LogP contribution in [0.4, 0.5) is 4.39 Å². The van der Waals surface area contributed by atoms with E-state index in [0.717, 1.165) is 35.9 Å². The van der Waals surface area contributed by atoms with Crippen LogP contribution in [0.15, 0.2) is 17.1 Å². The Hall–Kier alpha value is -1.47. The summed E-state index contributed by atoms with van der Waals surface area (Å²) >= 11 is 2.01. The van der Waals surface area contributed by atoms with Gasteiger partial charge in [0.2, 0.25) is 0 Å². The van der Waals surface area contributed by atoms with Crippen LogP contribution < -0.4 is 15.4 Å². The lowest BCUT2D eigenvalue weighted by Gasteiger charge is -2.21. The molecule has 0 spiro atoms. The number of nitrogens with zero attached hydrogens (tertiary/aromatic N) is 1. The van der Waals surface area contributed by atoms with E-state index in [4.69, 9.17) is 9.47 Å². The highest BCUT2D eigenvalue weighted by atomic mass is 32.2. The molecule has 1 aromatic rings. The van der Waals surface area contributed by atoms with Gasteiger partial charge in [0.25, 0.3) is 0 Å². The summed E-state index contributed by atoms with van der Waals surface area (Å²) in [5.74, 6) is 2.59. The number of aliphatic imine (C=N–C) groups is 1. The van der Waals surface area contributed by atoms with E-state index >= 15 is 0 Å². The lowest BCUT2D eigenvalue weighted by molar-refractivity contribution is -0.0172. The van der Waals surface area contributed by atoms with E-state index in [1.54, 1.807) is 6.07 Å². The molecule has 3 rings (SSSR count). The summed E-state index contributed by atoms with van der Waals surface area (Å²) in [6.45, 7) is 5.01. The molecule has 2 heterocycles. The number of fused-ring (bicyclic) bond motifs is 1. The summed E-state index contributed by atoms with van der Waals surface area (Å²) in [5.41, 5.74) is 1.65. The predicted molar refractivity (Wildman–Crippen MR) is 99.8 cm³/mol. The molecule has 138 valence electrons. The topological polar surface area (TPSA) is 54.9 Å². The van der Waals surface area contributed by atoms with Crippen molar-refractivity contribution in [2.75, 3.05) is 32.2 Å². The number of benzene rings is 1. The minimum Gasteiger partial charge on any atom is -0.467 e. The number of guanidine groups is 1. The molecule has 25 heavy (non-hydrogen) atoms. The standard InChI is InChI=1S/C18H26FN3O2S/c1-2-20-18(22-10-16-4-3-7-25-16)21-6-5-13-8-15(19)9-14-11-23-12-24-17(13)14/h8-9,16H,2-7,10-12H2,1H3,(H2,20,21,22). The molecular formula is C18H26FN3O2S. The van der Waals surface area contributed by atoms with E-state index in [0.29, 0.717) is 24.8 Å². The van der Waals surface area contributed by atoms with Crippen molar-refractivity contribution in [3.63, 3.8) is 0 Å². The number of ether oxygens (including phenoxy) is 2. The van der Waals surface area contributed by atoms with Gasteiger partial charge in [-0.05, 0) is 49.6 Å². The quantitative estimate of drug-likeness (QED) is 0.598. The molecular weight excluding hydrogens is 341 g/mol. The van der Waals surface area contributed by atoms with E-state index < -0.39 is 0 Å². The first-order valence-electron chi connectivity index (χ1n) is 8.92. The lowest BCUT2D eigenvalue weighted by Crippen LogP contribution is -2.38. The fourth-order valence-corrected chi connectivity index (χ4v) is 4.26. The van der Waals surface area contributed by atoms with Crippen molar-refractivity contribution in [2.45, 2.75) is 38.0 Å². The molecule has 0 aliphatic carbocycles. The van der Waals surface area contributed by atoms with Gasteiger partial charge in [-0.1, -0.05) is 0 Å². The zero-order valence-electron chi connectivity index (χ0n) is 14.6. The third-order valence-corrected chi connectivity index (χ3v) is 5.64. The van der Waals surface area contributed by atoms with Crippen molar-refractivity contribution in [3.05, 3.63) is 29.1 Å². The number of nitrogens with one attached hydrogen (secondary N) is 2. The van der Waals surface area contributed by atoms with Crippen molar-refractivity contribution >= 4 is 17.7 Å². The van der Waals surface area contributed by atoms with Gasteiger partial charge in [0.1, 0.15) is 11.6 Å². The largest absolute Gasteiger partial charge is 0.467 e. The Bertz CT molecular complexity index is 606. The molecule has 2 aliphatic rings. The Morgan fingerprint density at radius 1 is 1.40 bits per heavy atom. The number of halogens is 1. The van der Waals surface area contributed by atoms with E-state index in [1.165, 1.54) is 24.7 Å². The highest BCUT2D eigenvalue weighted by molar-refractivity contribution is 8.00. The van der Waals surface area contributed by atoms with Gasteiger partial charge >= 0.3 is 0 Å². The average Bonchev–Trinajstić information content (AvgIpc) is 3.13. The van der Waals surface area contributed by atoms with E-state index in [1.807, 2.05) is 11.8 Å². The summed E-state index contributed by atoms with van der Waals surface area (Å²) in [5, 5.41) is 7.25. The highest BCUT2D eigenvalue weighted by Gasteiger charge is 2.17. The van der Waals surface area contributed by atoms with E-state index in [9.17, 15) is 4.39 Å². The van der Waals surface area contributed by atoms with Gasteiger partial charge in [0.05, 0.1) is 13.2 Å².